The molecule has 106 valence electrons. The van der Waals surface area contributed by atoms with Gasteiger partial charge in [-0.1, -0.05) is 18.2 Å². The van der Waals surface area contributed by atoms with Gasteiger partial charge in [-0.05, 0) is 24.6 Å². The van der Waals surface area contributed by atoms with E-state index in [0.29, 0.717) is 0 Å². The molecule has 1 N–H and O–H groups in total. The van der Waals surface area contributed by atoms with Gasteiger partial charge in [-0.15, -0.1) is 11.3 Å². The number of aromatic nitrogens is 2. The molecule has 3 aromatic rings. The number of benzene rings is 1. The molecule has 1 atom stereocenters. The van der Waals surface area contributed by atoms with Gasteiger partial charge in [0, 0.05) is 11.3 Å². The SMILES string of the molecule is Cc1cc2c(NCC3Cc4ccccc4O3)ncnc2s1. The number of nitrogens with one attached hydrogen (secondary N) is 1. The number of nitrogens with zero attached hydrogens (tertiary/aromatic N) is 2. The monoisotopic (exact) mass is 297 g/mol. The van der Waals surface area contributed by atoms with Crippen LogP contribution in [0.15, 0.2) is 36.7 Å². The van der Waals surface area contributed by atoms with Crippen molar-refractivity contribution in [3.05, 3.63) is 47.1 Å². The van der Waals surface area contributed by atoms with E-state index in [-0.39, 0.29) is 6.10 Å². The molecular formula is C16H15N3OS. The van der Waals surface area contributed by atoms with E-state index >= 15 is 0 Å². The van der Waals surface area contributed by atoms with Crippen molar-refractivity contribution in [3.8, 4) is 5.75 Å². The van der Waals surface area contributed by atoms with Gasteiger partial charge in [0.25, 0.3) is 0 Å². The first-order chi connectivity index (χ1) is 10.3. The minimum Gasteiger partial charge on any atom is -0.488 e. The highest BCUT2D eigenvalue weighted by molar-refractivity contribution is 7.18. The number of anilines is 1. The molecule has 0 saturated carbocycles. The van der Waals surface area contributed by atoms with Crippen LogP contribution in [0, 0.1) is 6.92 Å². The van der Waals surface area contributed by atoms with Gasteiger partial charge in [0.15, 0.2) is 0 Å². The first kappa shape index (κ1) is 12.6. The predicted molar refractivity (Wildman–Crippen MR) is 85.2 cm³/mol. The fraction of sp³-hybridized carbons (Fsp3) is 0.250. The van der Waals surface area contributed by atoms with Crippen molar-refractivity contribution in [2.45, 2.75) is 19.4 Å². The Morgan fingerprint density at radius 2 is 2.24 bits per heavy atom. The quantitative estimate of drug-likeness (QED) is 0.804. The lowest BCUT2D eigenvalue weighted by Crippen LogP contribution is -2.24. The van der Waals surface area contributed by atoms with E-state index in [1.807, 2.05) is 12.1 Å². The number of ether oxygens (including phenoxy) is 1. The first-order valence-corrected chi connectivity index (χ1v) is 7.81. The highest BCUT2D eigenvalue weighted by Gasteiger charge is 2.22. The Bertz CT molecular complexity index is 774. The molecule has 0 bridgehead atoms. The summed E-state index contributed by atoms with van der Waals surface area (Å²) in [5.41, 5.74) is 1.28. The van der Waals surface area contributed by atoms with Gasteiger partial charge in [-0.25, -0.2) is 9.97 Å². The van der Waals surface area contributed by atoms with Crippen molar-refractivity contribution in [1.82, 2.24) is 9.97 Å². The largest absolute Gasteiger partial charge is 0.488 e. The smallest absolute Gasteiger partial charge is 0.138 e. The number of rotatable bonds is 3. The maximum absolute atomic E-state index is 5.94. The summed E-state index contributed by atoms with van der Waals surface area (Å²) in [7, 11) is 0. The first-order valence-electron chi connectivity index (χ1n) is 6.99. The molecule has 0 aliphatic carbocycles. The van der Waals surface area contributed by atoms with Crippen LogP contribution in [-0.4, -0.2) is 22.6 Å². The van der Waals surface area contributed by atoms with Crippen LogP contribution >= 0.6 is 11.3 Å². The Labute approximate surface area is 126 Å². The van der Waals surface area contributed by atoms with Gasteiger partial charge in [-0.3, -0.25) is 0 Å². The minimum atomic E-state index is 0.159. The fourth-order valence-corrected chi connectivity index (χ4v) is 3.54. The third-order valence-corrected chi connectivity index (χ3v) is 4.62. The minimum absolute atomic E-state index is 0.159. The summed E-state index contributed by atoms with van der Waals surface area (Å²) in [6, 6.07) is 10.4. The Hall–Kier alpha value is -2.14. The van der Waals surface area contributed by atoms with E-state index < -0.39 is 0 Å². The zero-order valence-electron chi connectivity index (χ0n) is 11.7. The predicted octanol–water partition coefficient (Wildman–Crippen LogP) is 3.42. The molecule has 0 spiro atoms. The average Bonchev–Trinajstić information content (AvgIpc) is 3.06. The number of hydrogen-bond donors (Lipinski definition) is 1. The second-order valence-electron chi connectivity index (χ2n) is 5.23. The Kier molecular flexibility index (Phi) is 3.00. The van der Waals surface area contributed by atoms with Crippen molar-refractivity contribution >= 4 is 27.4 Å². The summed E-state index contributed by atoms with van der Waals surface area (Å²) >= 11 is 1.69. The molecule has 3 heterocycles. The van der Waals surface area contributed by atoms with Crippen molar-refractivity contribution in [1.29, 1.82) is 0 Å². The second kappa shape index (κ2) is 5.00. The maximum atomic E-state index is 5.94. The molecular weight excluding hydrogens is 282 g/mol. The summed E-state index contributed by atoms with van der Waals surface area (Å²) in [5.74, 6) is 1.90. The molecule has 4 rings (SSSR count). The van der Waals surface area contributed by atoms with Crippen molar-refractivity contribution in [2.24, 2.45) is 0 Å². The zero-order valence-corrected chi connectivity index (χ0v) is 12.5. The van der Waals surface area contributed by atoms with Crippen LogP contribution in [0.25, 0.3) is 10.2 Å². The molecule has 1 aliphatic rings. The summed E-state index contributed by atoms with van der Waals surface area (Å²) in [5, 5.41) is 4.50. The van der Waals surface area contributed by atoms with Crippen LogP contribution in [0.1, 0.15) is 10.4 Å². The standard InChI is InChI=1S/C16H15N3OS/c1-10-6-13-15(18-9-19-16(13)21-10)17-8-12-7-11-4-2-3-5-14(11)20-12/h2-6,9,12H,7-8H2,1H3,(H,17,18,19). The molecule has 1 unspecified atom stereocenters. The normalized spacial score (nSPS) is 16.7. The zero-order chi connectivity index (χ0) is 14.2. The van der Waals surface area contributed by atoms with Gasteiger partial charge in [0.05, 0.1) is 11.9 Å². The highest BCUT2D eigenvalue weighted by Crippen LogP contribution is 2.30. The third kappa shape index (κ3) is 2.34. The van der Waals surface area contributed by atoms with Gasteiger partial charge >= 0.3 is 0 Å². The molecule has 0 radical (unpaired) electrons. The van der Waals surface area contributed by atoms with E-state index in [0.717, 1.165) is 34.7 Å². The molecule has 5 heteroatoms. The van der Waals surface area contributed by atoms with Crippen molar-refractivity contribution in [3.63, 3.8) is 0 Å². The van der Waals surface area contributed by atoms with Crippen LogP contribution in [0.3, 0.4) is 0 Å². The fourth-order valence-electron chi connectivity index (χ4n) is 2.70. The van der Waals surface area contributed by atoms with E-state index in [9.17, 15) is 0 Å². The summed E-state index contributed by atoms with van der Waals surface area (Å²) in [6.07, 6.45) is 2.72. The lowest BCUT2D eigenvalue weighted by Gasteiger charge is -2.12. The lowest BCUT2D eigenvalue weighted by atomic mass is 10.1. The average molecular weight is 297 g/mol. The third-order valence-electron chi connectivity index (χ3n) is 3.66. The van der Waals surface area contributed by atoms with Crippen LogP contribution in [0.5, 0.6) is 5.75 Å². The van der Waals surface area contributed by atoms with E-state index in [1.165, 1.54) is 10.4 Å². The summed E-state index contributed by atoms with van der Waals surface area (Å²) < 4.78 is 5.94. The van der Waals surface area contributed by atoms with E-state index in [1.54, 1.807) is 17.7 Å². The molecule has 1 aromatic carbocycles. The number of hydrogen-bond acceptors (Lipinski definition) is 5. The Morgan fingerprint density at radius 1 is 1.33 bits per heavy atom. The molecule has 1 aliphatic heterocycles. The van der Waals surface area contributed by atoms with Gasteiger partial charge < -0.3 is 10.1 Å². The van der Waals surface area contributed by atoms with Crippen LogP contribution in [0.4, 0.5) is 5.82 Å². The molecule has 0 amide bonds. The number of para-hydroxylation sites is 1. The molecule has 4 nitrogen and oxygen atoms in total. The number of thiophene rings is 1. The Balaban J connectivity index is 1.50. The molecule has 2 aromatic heterocycles. The molecule has 21 heavy (non-hydrogen) atoms. The molecule has 0 fully saturated rings. The van der Waals surface area contributed by atoms with Crippen molar-refractivity contribution in [2.75, 3.05) is 11.9 Å². The number of aryl methyl sites for hydroxylation is 1. The molecule has 0 saturated heterocycles. The summed E-state index contributed by atoms with van der Waals surface area (Å²) in [4.78, 5) is 10.9. The number of fused-ring (bicyclic) bond motifs is 2. The van der Waals surface area contributed by atoms with Crippen LogP contribution in [-0.2, 0) is 6.42 Å². The van der Waals surface area contributed by atoms with Crippen LogP contribution < -0.4 is 10.1 Å². The maximum Gasteiger partial charge on any atom is 0.138 e. The highest BCUT2D eigenvalue weighted by atomic mass is 32.1. The van der Waals surface area contributed by atoms with Crippen LogP contribution in [0.2, 0.25) is 0 Å². The lowest BCUT2D eigenvalue weighted by molar-refractivity contribution is 0.246. The second-order valence-corrected chi connectivity index (χ2v) is 6.47. The van der Waals surface area contributed by atoms with Gasteiger partial charge in [-0.2, -0.15) is 0 Å². The van der Waals surface area contributed by atoms with Gasteiger partial charge in [0.2, 0.25) is 0 Å². The topological polar surface area (TPSA) is 47.0 Å². The van der Waals surface area contributed by atoms with Crippen molar-refractivity contribution < 1.29 is 4.74 Å². The summed E-state index contributed by atoms with van der Waals surface area (Å²) in [6.45, 7) is 2.84. The van der Waals surface area contributed by atoms with E-state index in [4.69, 9.17) is 4.74 Å². The van der Waals surface area contributed by atoms with Gasteiger partial charge in [0.1, 0.15) is 28.8 Å². The van der Waals surface area contributed by atoms with E-state index in [2.05, 4.69) is 40.4 Å². The Morgan fingerprint density at radius 3 is 3.14 bits per heavy atom.